The molecule has 0 amide bonds. The van der Waals surface area contributed by atoms with Crippen LogP contribution >= 0.6 is 0 Å². The molecule has 18 heavy (non-hydrogen) atoms. The van der Waals surface area contributed by atoms with Gasteiger partial charge in [-0.1, -0.05) is 6.07 Å². The van der Waals surface area contributed by atoms with Crippen LogP contribution in [0.25, 0.3) is 0 Å². The van der Waals surface area contributed by atoms with Crippen molar-refractivity contribution in [2.24, 2.45) is 5.73 Å². The van der Waals surface area contributed by atoms with Gasteiger partial charge in [0.05, 0.1) is 13.2 Å². The monoisotopic (exact) mass is 250 g/mol. The molecule has 1 atom stereocenters. The predicted molar refractivity (Wildman–Crippen MR) is 72.3 cm³/mol. The van der Waals surface area contributed by atoms with Gasteiger partial charge in [0.15, 0.2) is 11.5 Å². The van der Waals surface area contributed by atoms with Gasteiger partial charge < -0.3 is 20.5 Å². The third-order valence-corrected chi connectivity index (χ3v) is 2.87. The van der Waals surface area contributed by atoms with E-state index in [0.717, 1.165) is 50.6 Å². The zero-order valence-electron chi connectivity index (χ0n) is 10.9. The summed E-state index contributed by atoms with van der Waals surface area (Å²) in [6.45, 7) is 5.26. The molecule has 100 valence electrons. The molecule has 1 aliphatic heterocycles. The smallest absolute Gasteiger partial charge is 0.161 e. The first kappa shape index (κ1) is 13.2. The molecule has 0 saturated carbocycles. The molecule has 4 nitrogen and oxygen atoms in total. The Labute approximate surface area is 108 Å². The first-order chi connectivity index (χ1) is 8.75. The van der Waals surface area contributed by atoms with Crippen LogP contribution in [0.1, 0.15) is 18.9 Å². The molecule has 1 unspecified atom stereocenters. The number of fused-ring (bicyclic) bond motifs is 1. The Kier molecular flexibility index (Phi) is 4.84. The summed E-state index contributed by atoms with van der Waals surface area (Å²) < 4.78 is 11.3. The molecule has 1 heterocycles. The van der Waals surface area contributed by atoms with E-state index in [1.807, 2.05) is 13.0 Å². The van der Waals surface area contributed by atoms with Crippen LogP contribution in [-0.2, 0) is 6.42 Å². The highest BCUT2D eigenvalue weighted by molar-refractivity contribution is 5.43. The van der Waals surface area contributed by atoms with E-state index in [9.17, 15) is 0 Å². The van der Waals surface area contributed by atoms with Gasteiger partial charge in [0, 0.05) is 19.0 Å². The van der Waals surface area contributed by atoms with Crippen molar-refractivity contribution in [3.63, 3.8) is 0 Å². The van der Waals surface area contributed by atoms with Gasteiger partial charge in [-0.15, -0.1) is 0 Å². The summed E-state index contributed by atoms with van der Waals surface area (Å²) >= 11 is 0. The minimum Gasteiger partial charge on any atom is -0.490 e. The number of benzene rings is 1. The van der Waals surface area contributed by atoms with Crippen LogP contribution in [0.15, 0.2) is 18.2 Å². The fourth-order valence-corrected chi connectivity index (χ4v) is 1.93. The molecule has 0 bridgehead atoms. The van der Waals surface area contributed by atoms with Gasteiger partial charge in [0.1, 0.15) is 0 Å². The Balaban J connectivity index is 1.88. The summed E-state index contributed by atoms with van der Waals surface area (Å²) in [4.78, 5) is 0. The molecule has 0 spiro atoms. The topological polar surface area (TPSA) is 56.5 Å². The van der Waals surface area contributed by atoms with Gasteiger partial charge in [-0.3, -0.25) is 0 Å². The molecule has 0 radical (unpaired) electrons. The van der Waals surface area contributed by atoms with E-state index < -0.39 is 0 Å². The number of nitrogens with one attached hydrogen (secondary N) is 1. The maximum atomic E-state index is 5.68. The summed E-state index contributed by atoms with van der Waals surface area (Å²) in [6, 6.07) is 6.38. The minimum absolute atomic E-state index is 0.203. The van der Waals surface area contributed by atoms with Crippen molar-refractivity contribution in [2.75, 3.05) is 26.3 Å². The molecule has 0 aromatic heterocycles. The van der Waals surface area contributed by atoms with Gasteiger partial charge in [0.25, 0.3) is 0 Å². The van der Waals surface area contributed by atoms with Crippen molar-refractivity contribution in [1.29, 1.82) is 0 Å². The summed E-state index contributed by atoms with van der Waals surface area (Å²) in [5.41, 5.74) is 6.94. The normalized spacial score (nSPS) is 16.1. The molecule has 1 aromatic rings. The second kappa shape index (κ2) is 6.61. The predicted octanol–water partition coefficient (Wildman–Crippen LogP) is 1.33. The molecule has 3 N–H and O–H groups in total. The average molecular weight is 250 g/mol. The fourth-order valence-electron chi connectivity index (χ4n) is 1.93. The van der Waals surface area contributed by atoms with Crippen LogP contribution in [0.5, 0.6) is 11.5 Å². The number of ether oxygens (including phenoxy) is 2. The Morgan fingerprint density at radius 3 is 2.83 bits per heavy atom. The Morgan fingerprint density at radius 2 is 2.06 bits per heavy atom. The van der Waals surface area contributed by atoms with E-state index in [1.54, 1.807) is 0 Å². The van der Waals surface area contributed by atoms with Crippen LogP contribution in [-0.4, -0.2) is 32.3 Å². The van der Waals surface area contributed by atoms with E-state index in [4.69, 9.17) is 15.2 Å². The minimum atomic E-state index is 0.203. The van der Waals surface area contributed by atoms with Crippen LogP contribution in [0, 0.1) is 0 Å². The number of hydrogen-bond acceptors (Lipinski definition) is 4. The van der Waals surface area contributed by atoms with Crippen molar-refractivity contribution in [3.8, 4) is 11.5 Å². The lowest BCUT2D eigenvalue weighted by Crippen LogP contribution is -2.32. The number of nitrogens with two attached hydrogens (primary N) is 1. The lowest BCUT2D eigenvalue weighted by molar-refractivity contribution is 0.297. The van der Waals surface area contributed by atoms with Gasteiger partial charge in [-0.2, -0.15) is 0 Å². The van der Waals surface area contributed by atoms with Crippen molar-refractivity contribution in [2.45, 2.75) is 25.8 Å². The molecule has 4 heteroatoms. The first-order valence-electron chi connectivity index (χ1n) is 6.60. The molecular formula is C14H22N2O2. The summed E-state index contributed by atoms with van der Waals surface area (Å²) in [6.07, 6.45) is 1.92. The molecular weight excluding hydrogens is 228 g/mol. The maximum absolute atomic E-state index is 5.68. The lowest BCUT2D eigenvalue weighted by Gasteiger charge is -2.10. The van der Waals surface area contributed by atoms with Gasteiger partial charge in [0.2, 0.25) is 0 Å². The molecule has 2 rings (SSSR count). The van der Waals surface area contributed by atoms with Crippen LogP contribution < -0.4 is 20.5 Å². The average Bonchev–Trinajstić information content (AvgIpc) is 2.59. The third-order valence-electron chi connectivity index (χ3n) is 2.87. The number of hydrogen-bond donors (Lipinski definition) is 2. The summed E-state index contributed by atoms with van der Waals surface area (Å²) in [5.74, 6) is 1.73. The van der Waals surface area contributed by atoms with Crippen LogP contribution in [0.4, 0.5) is 0 Å². The van der Waals surface area contributed by atoms with Crippen molar-refractivity contribution in [1.82, 2.24) is 5.32 Å². The van der Waals surface area contributed by atoms with E-state index in [-0.39, 0.29) is 6.04 Å². The second-order valence-corrected chi connectivity index (χ2v) is 4.76. The Hall–Kier alpha value is -1.26. The van der Waals surface area contributed by atoms with E-state index in [1.165, 1.54) is 5.56 Å². The molecule has 0 fully saturated rings. The van der Waals surface area contributed by atoms with E-state index >= 15 is 0 Å². The highest BCUT2D eigenvalue weighted by Gasteiger charge is 2.10. The summed E-state index contributed by atoms with van der Waals surface area (Å²) in [5, 5.41) is 3.33. The fraction of sp³-hybridized carbons (Fsp3) is 0.571. The highest BCUT2D eigenvalue weighted by atomic mass is 16.5. The largest absolute Gasteiger partial charge is 0.490 e. The third kappa shape index (κ3) is 3.89. The van der Waals surface area contributed by atoms with Gasteiger partial charge >= 0.3 is 0 Å². The molecule has 0 aliphatic carbocycles. The van der Waals surface area contributed by atoms with E-state index in [2.05, 4.69) is 17.4 Å². The van der Waals surface area contributed by atoms with Crippen molar-refractivity contribution < 1.29 is 9.47 Å². The highest BCUT2D eigenvalue weighted by Crippen LogP contribution is 2.30. The van der Waals surface area contributed by atoms with Crippen LogP contribution in [0.2, 0.25) is 0 Å². The maximum Gasteiger partial charge on any atom is 0.161 e. The lowest BCUT2D eigenvalue weighted by atomic mass is 10.1. The first-order valence-corrected chi connectivity index (χ1v) is 6.60. The van der Waals surface area contributed by atoms with E-state index in [0.29, 0.717) is 0 Å². The van der Waals surface area contributed by atoms with Crippen LogP contribution in [0.3, 0.4) is 0 Å². The van der Waals surface area contributed by atoms with Crippen molar-refractivity contribution >= 4 is 0 Å². The van der Waals surface area contributed by atoms with Crippen molar-refractivity contribution in [3.05, 3.63) is 23.8 Å². The SMILES string of the molecule is CC(N)CNCCc1ccc2c(c1)OCCCO2. The molecule has 1 aliphatic rings. The molecule has 1 aromatic carbocycles. The van der Waals surface area contributed by atoms with Gasteiger partial charge in [-0.05, 0) is 37.6 Å². The zero-order valence-corrected chi connectivity index (χ0v) is 10.9. The second-order valence-electron chi connectivity index (χ2n) is 4.76. The standard InChI is InChI=1S/C14H22N2O2/c1-11(15)10-16-6-5-12-3-4-13-14(9-12)18-8-2-7-17-13/h3-4,9,11,16H,2,5-8,10,15H2,1H3. The van der Waals surface area contributed by atoms with Gasteiger partial charge in [-0.25, -0.2) is 0 Å². The Bertz CT molecular complexity index is 380. The quantitative estimate of drug-likeness (QED) is 0.774. The Morgan fingerprint density at radius 1 is 1.28 bits per heavy atom. The number of rotatable bonds is 5. The molecule has 0 saturated heterocycles. The summed E-state index contributed by atoms with van der Waals surface area (Å²) in [7, 11) is 0. The zero-order chi connectivity index (χ0) is 12.8.